The molecule has 0 amide bonds. The Morgan fingerprint density at radius 2 is 2.25 bits per heavy atom. The van der Waals surface area contributed by atoms with Gasteiger partial charge in [0.25, 0.3) is 0 Å². The van der Waals surface area contributed by atoms with Crippen molar-refractivity contribution < 1.29 is 5.11 Å². The third-order valence-electron chi connectivity index (χ3n) is 5.11. The molecule has 2 rings (SSSR count). The molecule has 0 spiro atoms. The number of aliphatic imine (C=N–C) groups is 1. The van der Waals surface area contributed by atoms with Gasteiger partial charge in [-0.25, -0.2) is 0 Å². The molecule has 0 aromatic rings. The Kier molecular flexibility index (Phi) is 5.27. The second kappa shape index (κ2) is 6.76. The van der Waals surface area contributed by atoms with Crippen molar-refractivity contribution in [3.63, 3.8) is 0 Å². The summed E-state index contributed by atoms with van der Waals surface area (Å²) in [7, 11) is 0. The zero-order chi connectivity index (χ0) is 14.6. The lowest BCUT2D eigenvalue weighted by Crippen LogP contribution is -2.44. The molecule has 20 heavy (non-hydrogen) atoms. The molecule has 0 bridgehead atoms. The topological polar surface area (TPSA) is 73.9 Å². The predicted molar refractivity (Wildman–Crippen MR) is 82.7 cm³/mol. The van der Waals surface area contributed by atoms with Gasteiger partial charge in [-0.2, -0.15) is 0 Å². The minimum Gasteiger partial charge on any atom is -0.388 e. The fraction of sp³-hybridized carbons (Fsp3) is 0.933. The average molecular weight is 282 g/mol. The Balaban J connectivity index is 1.76. The Morgan fingerprint density at radius 1 is 1.45 bits per heavy atom. The van der Waals surface area contributed by atoms with E-state index in [0.717, 1.165) is 32.4 Å². The number of aliphatic hydroxyl groups is 1. The van der Waals surface area contributed by atoms with Gasteiger partial charge in [-0.3, -0.25) is 9.89 Å². The number of rotatable bonds is 5. The Hall–Kier alpha value is -0.810. The van der Waals surface area contributed by atoms with Gasteiger partial charge in [0.05, 0.1) is 12.1 Å². The van der Waals surface area contributed by atoms with Crippen molar-refractivity contribution in [2.75, 3.05) is 26.2 Å². The third-order valence-corrected chi connectivity index (χ3v) is 5.11. The molecule has 3 unspecified atom stereocenters. The zero-order valence-electron chi connectivity index (χ0n) is 12.9. The molecule has 1 saturated heterocycles. The van der Waals surface area contributed by atoms with Crippen molar-refractivity contribution in [3.8, 4) is 0 Å². The number of hydrogen-bond acceptors (Lipinski definition) is 3. The van der Waals surface area contributed by atoms with E-state index < -0.39 is 5.60 Å². The van der Waals surface area contributed by atoms with Crippen LogP contribution in [0, 0.1) is 5.92 Å². The van der Waals surface area contributed by atoms with Crippen LogP contribution >= 0.6 is 0 Å². The average Bonchev–Trinajstić information content (AvgIpc) is 3.02. The molecule has 1 saturated carbocycles. The highest BCUT2D eigenvalue weighted by Gasteiger charge is 2.37. The molecule has 1 aliphatic carbocycles. The van der Waals surface area contributed by atoms with Gasteiger partial charge in [0.1, 0.15) is 0 Å². The number of hydrogen-bond donors (Lipinski definition) is 3. The van der Waals surface area contributed by atoms with Crippen LogP contribution in [0.3, 0.4) is 0 Å². The first-order valence-electron chi connectivity index (χ1n) is 8.05. The van der Waals surface area contributed by atoms with E-state index in [1.54, 1.807) is 0 Å². The van der Waals surface area contributed by atoms with Crippen molar-refractivity contribution in [1.29, 1.82) is 0 Å². The lowest BCUT2D eigenvalue weighted by atomic mass is 9.93. The number of likely N-dealkylation sites (tertiary alicyclic amines) is 1. The molecule has 1 heterocycles. The fourth-order valence-electron chi connectivity index (χ4n) is 3.51. The van der Waals surface area contributed by atoms with Gasteiger partial charge in [-0.1, -0.05) is 20.3 Å². The van der Waals surface area contributed by atoms with E-state index >= 15 is 0 Å². The zero-order valence-corrected chi connectivity index (χ0v) is 12.9. The lowest BCUT2D eigenvalue weighted by Gasteiger charge is -2.26. The molecule has 116 valence electrons. The molecule has 2 fully saturated rings. The molecule has 4 N–H and O–H groups in total. The maximum atomic E-state index is 10.5. The molecule has 0 aromatic heterocycles. The molecular weight excluding hydrogens is 252 g/mol. The summed E-state index contributed by atoms with van der Waals surface area (Å²) < 4.78 is 0. The van der Waals surface area contributed by atoms with Gasteiger partial charge in [0, 0.05) is 12.6 Å². The number of nitrogens with zero attached hydrogens (tertiary/aromatic N) is 2. The van der Waals surface area contributed by atoms with E-state index in [-0.39, 0.29) is 0 Å². The van der Waals surface area contributed by atoms with Crippen LogP contribution in [-0.4, -0.2) is 53.8 Å². The smallest absolute Gasteiger partial charge is 0.188 e. The van der Waals surface area contributed by atoms with Gasteiger partial charge in [0.2, 0.25) is 0 Å². The van der Waals surface area contributed by atoms with E-state index in [9.17, 15) is 5.11 Å². The minimum absolute atomic E-state index is 0.324. The monoisotopic (exact) mass is 282 g/mol. The second-order valence-electron chi connectivity index (χ2n) is 6.40. The van der Waals surface area contributed by atoms with E-state index in [1.807, 2.05) is 0 Å². The summed E-state index contributed by atoms with van der Waals surface area (Å²) in [6, 6.07) is 0.572. The molecule has 0 aromatic carbocycles. The van der Waals surface area contributed by atoms with Crippen LogP contribution in [0.4, 0.5) is 0 Å². The normalized spacial score (nSPS) is 35.6. The molecule has 3 atom stereocenters. The third kappa shape index (κ3) is 3.64. The van der Waals surface area contributed by atoms with Gasteiger partial charge >= 0.3 is 0 Å². The van der Waals surface area contributed by atoms with Crippen LogP contribution in [0.2, 0.25) is 0 Å². The first-order valence-corrected chi connectivity index (χ1v) is 8.05. The summed E-state index contributed by atoms with van der Waals surface area (Å²) in [5.41, 5.74) is 5.29. The molecule has 0 radical (unpaired) electrons. The first kappa shape index (κ1) is 15.6. The van der Waals surface area contributed by atoms with Crippen molar-refractivity contribution in [2.45, 2.75) is 57.6 Å². The van der Waals surface area contributed by atoms with Crippen LogP contribution in [0.1, 0.15) is 46.0 Å². The summed E-state index contributed by atoms with van der Waals surface area (Å²) in [5, 5.41) is 13.7. The van der Waals surface area contributed by atoms with E-state index in [0.29, 0.717) is 24.5 Å². The van der Waals surface area contributed by atoms with Gasteiger partial charge in [-0.15, -0.1) is 0 Å². The van der Waals surface area contributed by atoms with E-state index in [1.165, 1.54) is 19.4 Å². The SMILES string of the molecule is CCN1CCCC1CNC(N)=NCC1(O)CCCC1C. The van der Waals surface area contributed by atoms with Crippen LogP contribution < -0.4 is 11.1 Å². The van der Waals surface area contributed by atoms with Gasteiger partial charge in [0.15, 0.2) is 5.96 Å². The number of nitrogens with two attached hydrogens (primary N) is 1. The summed E-state index contributed by atoms with van der Waals surface area (Å²) in [5.74, 6) is 0.796. The Labute approximate surface area is 122 Å². The quantitative estimate of drug-likeness (QED) is 0.518. The van der Waals surface area contributed by atoms with E-state index in [2.05, 4.69) is 29.1 Å². The van der Waals surface area contributed by atoms with Crippen LogP contribution in [0.5, 0.6) is 0 Å². The minimum atomic E-state index is -0.644. The maximum Gasteiger partial charge on any atom is 0.188 e. The highest BCUT2D eigenvalue weighted by atomic mass is 16.3. The standard InChI is InChI=1S/C15H30N4O/c1-3-19-9-5-7-13(19)10-17-14(16)18-11-15(20)8-4-6-12(15)2/h12-13,20H,3-11H2,1-2H3,(H3,16,17,18). The van der Waals surface area contributed by atoms with Gasteiger partial charge in [-0.05, 0) is 44.7 Å². The molecule has 5 nitrogen and oxygen atoms in total. The Morgan fingerprint density at radius 3 is 2.90 bits per heavy atom. The summed E-state index contributed by atoms with van der Waals surface area (Å²) in [6.07, 6.45) is 5.53. The van der Waals surface area contributed by atoms with Crippen molar-refractivity contribution in [3.05, 3.63) is 0 Å². The number of likely N-dealkylation sites (N-methyl/N-ethyl adjacent to an activating group) is 1. The summed E-state index contributed by atoms with van der Waals surface area (Å²) >= 11 is 0. The van der Waals surface area contributed by atoms with Crippen LogP contribution in [0.15, 0.2) is 4.99 Å². The molecule has 5 heteroatoms. The van der Waals surface area contributed by atoms with Crippen LogP contribution in [0.25, 0.3) is 0 Å². The second-order valence-corrected chi connectivity index (χ2v) is 6.40. The lowest BCUT2D eigenvalue weighted by molar-refractivity contribution is 0.0186. The van der Waals surface area contributed by atoms with Crippen molar-refractivity contribution in [1.82, 2.24) is 10.2 Å². The summed E-state index contributed by atoms with van der Waals surface area (Å²) in [4.78, 5) is 6.83. The highest BCUT2D eigenvalue weighted by Crippen LogP contribution is 2.35. The first-order chi connectivity index (χ1) is 9.55. The van der Waals surface area contributed by atoms with Gasteiger partial charge < -0.3 is 16.2 Å². The van der Waals surface area contributed by atoms with Crippen molar-refractivity contribution in [2.24, 2.45) is 16.6 Å². The molecule has 2 aliphatic rings. The van der Waals surface area contributed by atoms with Crippen LogP contribution in [-0.2, 0) is 0 Å². The molecule has 1 aliphatic heterocycles. The number of guanidine groups is 1. The Bertz CT molecular complexity index is 347. The van der Waals surface area contributed by atoms with Crippen molar-refractivity contribution >= 4 is 5.96 Å². The fourth-order valence-corrected chi connectivity index (χ4v) is 3.51. The predicted octanol–water partition coefficient (Wildman–Crippen LogP) is 0.926. The highest BCUT2D eigenvalue weighted by molar-refractivity contribution is 5.77. The largest absolute Gasteiger partial charge is 0.388 e. The maximum absolute atomic E-state index is 10.5. The van der Waals surface area contributed by atoms with E-state index in [4.69, 9.17) is 5.73 Å². The summed E-state index contributed by atoms with van der Waals surface area (Å²) in [6.45, 7) is 7.88. The molecular formula is C15H30N4O. The number of nitrogens with one attached hydrogen (secondary N) is 1.